The summed E-state index contributed by atoms with van der Waals surface area (Å²) in [6.07, 6.45) is 1.46. The largest absolute Gasteiger partial charge is 0.329 e. The Bertz CT molecular complexity index is 772. The van der Waals surface area contributed by atoms with E-state index in [0.717, 1.165) is 21.2 Å². The molecule has 0 heterocycles. The van der Waals surface area contributed by atoms with Gasteiger partial charge in [0.15, 0.2) is 0 Å². The maximum atomic E-state index is 11.8. The lowest BCUT2D eigenvalue weighted by Crippen LogP contribution is -2.32. The van der Waals surface area contributed by atoms with Crippen molar-refractivity contribution in [2.75, 3.05) is 5.32 Å². The molecule has 2 aromatic carbocycles. The first-order valence-corrected chi connectivity index (χ1v) is 7.72. The molecule has 23 heavy (non-hydrogen) atoms. The fourth-order valence-corrected chi connectivity index (χ4v) is 2.23. The van der Waals surface area contributed by atoms with Crippen molar-refractivity contribution in [3.05, 3.63) is 63.6 Å². The lowest BCUT2D eigenvalue weighted by Gasteiger charge is -2.06. The van der Waals surface area contributed by atoms with Gasteiger partial charge >= 0.3 is 11.8 Å². The summed E-state index contributed by atoms with van der Waals surface area (Å²) in [6.45, 7) is 3.91. The van der Waals surface area contributed by atoms with E-state index in [2.05, 4.69) is 31.8 Å². The Morgan fingerprint density at radius 2 is 1.83 bits per heavy atom. The van der Waals surface area contributed by atoms with Crippen LogP contribution < -0.4 is 10.7 Å². The average molecular weight is 374 g/mol. The van der Waals surface area contributed by atoms with Crippen LogP contribution in [0.4, 0.5) is 5.69 Å². The summed E-state index contributed by atoms with van der Waals surface area (Å²) in [7, 11) is 0. The summed E-state index contributed by atoms with van der Waals surface area (Å²) in [4.78, 5) is 23.5. The molecule has 0 bridgehead atoms. The number of anilines is 1. The molecular formula is C17H16BrN3O2. The molecule has 0 unspecified atom stereocenters. The molecule has 5 nitrogen and oxygen atoms in total. The molecule has 0 saturated heterocycles. The fraction of sp³-hybridized carbons (Fsp3) is 0.118. The summed E-state index contributed by atoms with van der Waals surface area (Å²) in [5.41, 5.74) is 5.73. The van der Waals surface area contributed by atoms with Crippen molar-refractivity contribution in [2.24, 2.45) is 5.10 Å². The number of benzene rings is 2. The minimum absolute atomic E-state index is 0.573. The number of hydrogen-bond donors (Lipinski definition) is 2. The molecule has 0 spiro atoms. The van der Waals surface area contributed by atoms with Gasteiger partial charge < -0.3 is 5.32 Å². The monoisotopic (exact) mass is 373 g/mol. The van der Waals surface area contributed by atoms with Crippen LogP contribution in [0.25, 0.3) is 0 Å². The topological polar surface area (TPSA) is 70.6 Å². The maximum absolute atomic E-state index is 11.8. The SMILES string of the molecule is Cc1ccc(NC(=O)C(=O)N/N=C\c2cccc(Br)c2)cc1C. The number of nitrogens with one attached hydrogen (secondary N) is 2. The van der Waals surface area contributed by atoms with Crippen LogP contribution in [0, 0.1) is 13.8 Å². The van der Waals surface area contributed by atoms with E-state index in [1.54, 1.807) is 6.07 Å². The van der Waals surface area contributed by atoms with Crippen molar-refractivity contribution in [3.63, 3.8) is 0 Å². The highest BCUT2D eigenvalue weighted by Crippen LogP contribution is 2.14. The second-order valence-electron chi connectivity index (χ2n) is 5.01. The standard InChI is InChI=1S/C17H16BrN3O2/c1-11-6-7-15(8-12(11)2)20-16(22)17(23)21-19-10-13-4-3-5-14(18)9-13/h3-10H,1-2H3,(H,20,22)(H,21,23)/b19-10-. The predicted molar refractivity (Wildman–Crippen MR) is 94.4 cm³/mol. The van der Waals surface area contributed by atoms with Gasteiger partial charge in [-0.1, -0.05) is 34.1 Å². The third-order valence-electron chi connectivity index (χ3n) is 3.20. The summed E-state index contributed by atoms with van der Waals surface area (Å²) in [6, 6.07) is 12.8. The number of halogens is 1. The van der Waals surface area contributed by atoms with Gasteiger partial charge in [0.2, 0.25) is 0 Å². The highest BCUT2D eigenvalue weighted by Gasteiger charge is 2.12. The minimum atomic E-state index is -0.825. The van der Waals surface area contributed by atoms with Gasteiger partial charge in [0.25, 0.3) is 0 Å². The Morgan fingerprint density at radius 3 is 2.52 bits per heavy atom. The molecule has 2 rings (SSSR count). The maximum Gasteiger partial charge on any atom is 0.329 e. The Kier molecular flexibility index (Phi) is 5.65. The van der Waals surface area contributed by atoms with Gasteiger partial charge in [-0.15, -0.1) is 0 Å². The minimum Gasteiger partial charge on any atom is -0.318 e. The van der Waals surface area contributed by atoms with Crippen LogP contribution in [-0.4, -0.2) is 18.0 Å². The van der Waals surface area contributed by atoms with E-state index in [1.807, 2.05) is 50.2 Å². The summed E-state index contributed by atoms with van der Waals surface area (Å²) < 4.78 is 0.903. The molecule has 0 saturated carbocycles. The van der Waals surface area contributed by atoms with Gasteiger partial charge in [0, 0.05) is 10.2 Å². The number of hydrazone groups is 1. The molecule has 2 aromatic rings. The van der Waals surface area contributed by atoms with Crippen molar-refractivity contribution in [1.82, 2.24) is 5.43 Å². The lowest BCUT2D eigenvalue weighted by molar-refractivity contribution is -0.136. The number of rotatable bonds is 3. The molecule has 0 atom stereocenters. The first-order valence-electron chi connectivity index (χ1n) is 6.93. The van der Waals surface area contributed by atoms with Gasteiger partial charge in [-0.05, 0) is 54.8 Å². The van der Waals surface area contributed by atoms with Gasteiger partial charge in [0.1, 0.15) is 0 Å². The number of carbonyl (C=O) groups is 2. The van der Waals surface area contributed by atoms with Crippen molar-refractivity contribution in [2.45, 2.75) is 13.8 Å². The van der Waals surface area contributed by atoms with E-state index >= 15 is 0 Å². The molecule has 0 aliphatic rings. The molecule has 0 radical (unpaired) electrons. The van der Waals surface area contributed by atoms with E-state index < -0.39 is 11.8 Å². The molecule has 0 aliphatic carbocycles. The zero-order valence-corrected chi connectivity index (χ0v) is 14.3. The van der Waals surface area contributed by atoms with Crippen molar-refractivity contribution in [3.8, 4) is 0 Å². The molecule has 6 heteroatoms. The quantitative estimate of drug-likeness (QED) is 0.492. The lowest BCUT2D eigenvalue weighted by atomic mass is 10.1. The first kappa shape index (κ1) is 16.9. The van der Waals surface area contributed by atoms with Gasteiger partial charge in [-0.3, -0.25) is 9.59 Å². The number of aryl methyl sites for hydroxylation is 2. The molecular weight excluding hydrogens is 358 g/mol. The molecule has 118 valence electrons. The zero-order valence-electron chi connectivity index (χ0n) is 12.8. The molecule has 2 N–H and O–H groups in total. The number of carbonyl (C=O) groups excluding carboxylic acids is 2. The Labute approximate surface area is 142 Å². The summed E-state index contributed by atoms with van der Waals surface area (Å²) in [5, 5.41) is 6.31. The van der Waals surface area contributed by atoms with Crippen molar-refractivity contribution < 1.29 is 9.59 Å². The summed E-state index contributed by atoms with van der Waals surface area (Å²) >= 11 is 3.34. The van der Waals surface area contributed by atoms with Crippen molar-refractivity contribution in [1.29, 1.82) is 0 Å². The second-order valence-corrected chi connectivity index (χ2v) is 5.92. The summed E-state index contributed by atoms with van der Waals surface area (Å²) in [5.74, 6) is -1.59. The third-order valence-corrected chi connectivity index (χ3v) is 3.69. The molecule has 0 aliphatic heterocycles. The molecule has 2 amide bonds. The van der Waals surface area contributed by atoms with Crippen molar-refractivity contribution >= 4 is 39.6 Å². The Morgan fingerprint density at radius 1 is 1.04 bits per heavy atom. The highest BCUT2D eigenvalue weighted by molar-refractivity contribution is 9.10. The fourth-order valence-electron chi connectivity index (χ4n) is 1.81. The van der Waals surface area contributed by atoms with Crippen LogP contribution in [-0.2, 0) is 9.59 Å². The Balaban J connectivity index is 1.92. The highest BCUT2D eigenvalue weighted by atomic mass is 79.9. The normalized spacial score (nSPS) is 10.6. The van der Waals surface area contributed by atoms with Gasteiger partial charge in [0.05, 0.1) is 6.21 Å². The van der Waals surface area contributed by atoms with E-state index in [4.69, 9.17) is 0 Å². The van der Waals surface area contributed by atoms with E-state index in [0.29, 0.717) is 5.69 Å². The molecule has 0 aromatic heterocycles. The van der Waals surface area contributed by atoms with Crippen LogP contribution in [0.5, 0.6) is 0 Å². The first-order chi connectivity index (χ1) is 11.0. The van der Waals surface area contributed by atoms with Crippen LogP contribution in [0.15, 0.2) is 52.0 Å². The van der Waals surface area contributed by atoms with E-state index in [-0.39, 0.29) is 0 Å². The van der Waals surface area contributed by atoms with Crippen LogP contribution in [0.1, 0.15) is 16.7 Å². The van der Waals surface area contributed by atoms with Crippen LogP contribution in [0.2, 0.25) is 0 Å². The number of hydrogen-bond acceptors (Lipinski definition) is 3. The van der Waals surface area contributed by atoms with Gasteiger partial charge in [-0.2, -0.15) is 5.10 Å². The predicted octanol–water partition coefficient (Wildman–Crippen LogP) is 3.15. The van der Waals surface area contributed by atoms with Crippen LogP contribution >= 0.6 is 15.9 Å². The zero-order chi connectivity index (χ0) is 16.8. The second kappa shape index (κ2) is 7.69. The smallest absolute Gasteiger partial charge is 0.318 e. The molecule has 0 fully saturated rings. The van der Waals surface area contributed by atoms with E-state index in [9.17, 15) is 9.59 Å². The average Bonchev–Trinajstić information content (AvgIpc) is 2.51. The van der Waals surface area contributed by atoms with E-state index in [1.165, 1.54) is 6.21 Å². The Hall–Kier alpha value is -2.47. The third kappa shape index (κ3) is 5.03. The van der Waals surface area contributed by atoms with Gasteiger partial charge in [-0.25, -0.2) is 5.43 Å². The number of amides is 2. The number of nitrogens with zero attached hydrogens (tertiary/aromatic N) is 1. The van der Waals surface area contributed by atoms with Crippen LogP contribution in [0.3, 0.4) is 0 Å².